The van der Waals surface area contributed by atoms with Crippen LogP contribution in [-0.2, 0) is 13.0 Å². The number of aryl methyl sites for hydroxylation is 1. The van der Waals surface area contributed by atoms with Gasteiger partial charge in [0, 0.05) is 13.0 Å². The molecule has 0 saturated heterocycles. The van der Waals surface area contributed by atoms with E-state index in [1.807, 2.05) is 12.1 Å². The van der Waals surface area contributed by atoms with Crippen LogP contribution in [0.3, 0.4) is 0 Å². The molecule has 0 amide bonds. The molecule has 7 heteroatoms. The molecule has 0 spiro atoms. The van der Waals surface area contributed by atoms with Gasteiger partial charge in [-0.15, -0.1) is 5.10 Å². The van der Waals surface area contributed by atoms with Gasteiger partial charge in [-0.3, -0.25) is 0 Å². The summed E-state index contributed by atoms with van der Waals surface area (Å²) >= 11 is 11.8. The summed E-state index contributed by atoms with van der Waals surface area (Å²) < 4.78 is 1.76. The minimum absolute atomic E-state index is 0.537. The molecule has 0 bridgehead atoms. The molecule has 2 aromatic rings. The van der Waals surface area contributed by atoms with Crippen molar-refractivity contribution in [3.63, 3.8) is 0 Å². The van der Waals surface area contributed by atoms with Gasteiger partial charge < -0.3 is 5.73 Å². The van der Waals surface area contributed by atoms with Gasteiger partial charge in [0.15, 0.2) is 5.82 Å². The van der Waals surface area contributed by atoms with Crippen molar-refractivity contribution in [3.8, 4) is 0 Å². The Labute approximate surface area is 115 Å². The van der Waals surface area contributed by atoms with Crippen LogP contribution >= 0.6 is 23.2 Å². The third kappa shape index (κ3) is 3.19. The smallest absolute Gasteiger partial charge is 0.155 e. The van der Waals surface area contributed by atoms with Crippen molar-refractivity contribution in [2.75, 3.05) is 6.54 Å². The molecule has 2 N–H and O–H groups in total. The van der Waals surface area contributed by atoms with Crippen LogP contribution in [0.4, 0.5) is 0 Å². The molecule has 0 aliphatic carbocycles. The second-order valence-electron chi connectivity index (χ2n) is 3.89. The zero-order valence-electron chi connectivity index (χ0n) is 9.68. The van der Waals surface area contributed by atoms with E-state index in [-0.39, 0.29) is 0 Å². The maximum Gasteiger partial charge on any atom is 0.155 e. The molecule has 0 aliphatic rings. The second kappa shape index (κ2) is 6.13. The quantitative estimate of drug-likeness (QED) is 0.911. The molecule has 1 heterocycles. The maximum atomic E-state index is 5.97. The normalized spacial score (nSPS) is 10.8. The fraction of sp³-hybridized carbons (Fsp3) is 0.364. The van der Waals surface area contributed by atoms with Crippen molar-refractivity contribution in [1.29, 1.82) is 0 Å². The Morgan fingerprint density at radius 2 is 2.06 bits per heavy atom. The number of hydrogen-bond acceptors (Lipinski definition) is 4. The molecule has 0 unspecified atom stereocenters. The highest BCUT2D eigenvalue weighted by molar-refractivity contribution is 6.42. The first kappa shape index (κ1) is 13.3. The van der Waals surface area contributed by atoms with E-state index in [1.54, 1.807) is 10.7 Å². The number of benzene rings is 1. The lowest BCUT2D eigenvalue weighted by atomic mass is 10.1. The van der Waals surface area contributed by atoms with Gasteiger partial charge in [-0.05, 0) is 41.1 Å². The Morgan fingerprint density at radius 1 is 1.22 bits per heavy atom. The van der Waals surface area contributed by atoms with Crippen molar-refractivity contribution >= 4 is 23.2 Å². The predicted molar refractivity (Wildman–Crippen MR) is 70.8 cm³/mol. The first-order chi connectivity index (χ1) is 8.70. The van der Waals surface area contributed by atoms with Gasteiger partial charge in [-0.1, -0.05) is 29.3 Å². The fourth-order valence-electron chi connectivity index (χ4n) is 1.60. The number of tetrazole rings is 1. The summed E-state index contributed by atoms with van der Waals surface area (Å²) in [6, 6.07) is 5.51. The van der Waals surface area contributed by atoms with Crippen LogP contribution in [0.2, 0.25) is 10.0 Å². The van der Waals surface area contributed by atoms with E-state index in [0.29, 0.717) is 23.0 Å². The van der Waals surface area contributed by atoms with Gasteiger partial charge >= 0.3 is 0 Å². The Balaban J connectivity index is 2.13. The number of nitrogens with two attached hydrogens (primary N) is 1. The third-order valence-corrected chi connectivity index (χ3v) is 3.27. The Kier molecular flexibility index (Phi) is 4.52. The molecule has 2 rings (SSSR count). The summed E-state index contributed by atoms with van der Waals surface area (Å²) in [6.07, 6.45) is 1.47. The van der Waals surface area contributed by atoms with Crippen LogP contribution in [0.1, 0.15) is 17.8 Å². The van der Waals surface area contributed by atoms with Crippen LogP contribution < -0.4 is 5.73 Å². The lowest BCUT2D eigenvalue weighted by molar-refractivity contribution is 0.547. The van der Waals surface area contributed by atoms with E-state index >= 15 is 0 Å². The SMILES string of the molecule is NCCCn1nnnc1Cc1ccc(Cl)c(Cl)c1. The molecule has 1 aromatic heterocycles. The predicted octanol–water partition coefficient (Wildman–Crippen LogP) is 1.92. The first-order valence-electron chi connectivity index (χ1n) is 5.59. The molecule has 5 nitrogen and oxygen atoms in total. The van der Waals surface area contributed by atoms with Gasteiger partial charge in [-0.2, -0.15) is 0 Å². The van der Waals surface area contributed by atoms with E-state index in [1.165, 1.54) is 0 Å². The van der Waals surface area contributed by atoms with Crippen molar-refractivity contribution in [3.05, 3.63) is 39.6 Å². The van der Waals surface area contributed by atoms with Crippen LogP contribution in [-0.4, -0.2) is 26.8 Å². The molecule has 0 atom stereocenters. The highest BCUT2D eigenvalue weighted by atomic mass is 35.5. The zero-order chi connectivity index (χ0) is 13.0. The summed E-state index contributed by atoms with van der Waals surface area (Å²) in [5.41, 5.74) is 6.49. The van der Waals surface area contributed by atoms with Gasteiger partial charge in [0.1, 0.15) is 0 Å². The number of nitrogens with zero attached hydrogens (tertiary/aromatic N) is 4. The largest absolute Gasteiger partial charge is 0.330 e. The first-order valence-corrected chi connectivity index (χ1v) is 6.35. The van der Waals surface area contributed by atoms with Gasteiger partial charge in [-0.25, -0.2) is 4.68 Å². The highest BCUT2D eigenvalue weighted by Crippen LogP contribution is 2.23. The molecule has 0 radical (unpaired) electrons. The van der Waals surface area contributed by atoms with Gasteiger partial charge in [0.25, 0.3) is 0 Å². The summed E-state index contributed by atoms with van der Waals surface area (Å²) in [6.45, 7) is 1.34. The second-order valence-corrected chi connectivity index (χ2v) is 4.70. The molecule has 0 aliphatic heterocycles. The van der Waals surface area contributed by atoms with Crippen LogP contribution in [0.25, 0.3) is 0 Å². The third-order valence-electron chi connectivity index (χ3n) is 2.53. The Morgan fingerprint density at radius 3 is 2.78 bits per heavy atom. The molecular formula is C11H13Cl2N5. The number of rotatable bonds is 5. The van der Waals surface area contributed by atoms with Crippen molar-refractivity contribution < 1.29 is 0 Å². The summed E-state index contributed by atoms with van der Waals surface area (Å²) in [4.78, 5) is 0. The topological polar surface area (TPSA) is 69.6 Å². The van der Waals surface area contributed by atoms with E-state index in [0.717, 1.165) is 24.4 Å². The van der Waals surface area contributed by atoms with Crippen LogP contribution in [0, 0.1) is 0 Å². The maximum absolute atomic E-state index is 5.97. The molecular weight excluding hydrogens is 273 g/mol. The number of hydrogen-bond donors (Lipinski definition) is 1. The molecule has 0 fully saturated rings. The number of aromatic nitrogens is 4. The zero-order valence-corrected chi connectivity index (χ0v) is 11.2. The van der Waals surface area contributed by atoms with Crippen molar-refractivity contribution in [1.82, 2.24) is 20.2 Å². The standard InChI is InChI=1S/C11H13Cl2N5/c12-9-3-2-8(6-10(9)13)7-11-15-16-17-18(11)5-1-4-14/h2-3,6H,1,4-5,7,14H2. The van der Waals surface area contributed by atoms with Crippen molar-refractivity contribution in [2.45, 2.75) is 19.4 Å². The van der Waals surface area contributed by atoms with E-state index in [9.17, 15) is 0 Å². The summed E-state index contributed by atoms with van der Waals surface area (Å²) in [5.74, 6) is 0.793. The summed E-state index contributed by atoms with van der Waals surface area (Å²) in [7, 11) is 0. The molecule has 0 saturated carbocycles. The monoisotopic (exact) mass is 285 g/mol. The summed E-state index contributed by atoms with van der Waals surface area (Å²) in [5, 5.41) is 12.7. The van der Waals surface area contributed by atoms with Crippen LogP contribution in [0.15, 0.2) is 18.2 Å². The van der Waals surface area contributed by atoms with Gasteiger partial charge in [0.05, 0.1) is 10.0 Å². The Bertz CT molecular complexity index is 526. The average molecular weight is 286 g/mol. The van der Waals surface area contributed by atoms with Crippen LogP contribution in [0.5, 0.6) is 0 Å². The van der Waals surface area contributed by atoms with E-state index in [2.05, 4.69) is 15.5 Å². The lowest BCUT2D eigenvalue weighted by Crippen LogP contribution is -2.10. The van der Waals surface area contributed by atoms with Gasteiger partial charge in [0.2, 0.25) is 0 Å². The van der Waals surface area contributed by atoms with E-state index < -0.39 is 0 Å². The highest BCUT2D eigenvalue weighted by Gasteiger charge is 2.08. The lowest BCUT2D eigenvalue weighted by Gasteiger charge is -2.04. The molecule has 1 aromatic carbocycles. The molecule has 96 valence electrons. The minimum Gasteiger partial charge on any atom is -0.330 e. The fourth-order valence-corrected chi connectivity index (χ4v) is 1.92. The number of halogens is 2. The van der Waals surface area contributed by atoms with E-state index in [4.69, 9.17) is 28.9 Å². The molecule has 18 heavy (non-hydrogen) atoms. The Hall–Kier alpha value is -1.17. The van der Waals surface area contributed by atoms with Crippen molar-refractivity contribution in [2.24, 2.45) is 5.73 Å². The average Bonchev–Trinajstić information content (AvgIpc) is 2.79. The minimum atomic E-state index is 0.537.